The highest BCUT2D eigenvalue weighted by Crippen LogP contribution is 2.36. The third-order valence-corrected chi connectivity index (χ3v) is 6.05. The second-order valence-corrected chi connectivity index (χ2v) is 7.20. The van der Waals surface area contributed by atoms with Crippen LogP contribution in [0.2, 0.25) is 0 Å². The van der Waals surface area contributed by atoms with Crippen LogP contribution < -0.4 is 5.32 Å². The lowest BCUT2D eigenvalue weighted by Gasteiger charge is -2.14. The molecule has 2 rings (SSSR count). The topological polar surface area (TPSA) is 12.0 Å². The first kappa shape index (κ1) is 14.2. The number of hydrogen-bond acceptors (Lipinski definition) is 2. The molecule has 0 aliphatic carbocycles. The molecule has 5 heteroatoms. The minimum Gasteiger partial charge on any atom is -0.312 e. The molecule has 1 aromatic heterocycles. The lowest BCUT2D eigenvalue weighted by atomic mass is 10.0. The van der Waals surface area contributed by atoms with Crippen LogP contribution in [-0.2, 0) is 6.42 Å². The predicted molar refractivity (Wildman–Crippen MR) is 81.6 cm³/mol. The molecule has 1 heterocycles. The Kier molecular flexibility index (Phi) is 4.95. The summed E-state index contributed by atoms with van der Waals surface area (Å²) < 4.78 is 15.3. The van der Waals surface area contributed by atoms with E-state index in [0.29, 0.717) is 0 Å². The summed E-state index contributed by atoms with van der Waals surface area (Å²) in [6.45, 7) is 0. The van der Waals surface area contributed by atoms with Crippen LogP contribution in [0.4, 0.5) is 4.39 Å². The first-order valence-electron chi connectivity index (χ1n) is 5.46. The molecule has 1 N–H and O–H groups in total. The van der Waals surface area contributed by atoms with Gasteiger partial charge in [0.2, 0.25) is 0 Å². The van der Waals surface area contributed by atoms with Gasteiger partial charge >= 0.3 is 0 Å². The van der Waals surface area contributed by atoms with Gasteiger partial charge in [-0.2, -0.15) is 0 Å². The maximum absolute atomic E-state index is 13.2. The van der Waals surface area contributed by atoms with Crippen molar-refractivity contribution in [2.45, 2.75) is 12.5 Å². The molecular weight excluding hydrogens is 381 g/mol. The molecule has 0 saturated heterocycles. The highest BCUT2D eigenvalue weighted by molar-refractivity contribution is 9.13. The molecule has 0 spiro atoms. The first-order chi connectivity index (χ1) is 8.60. The molecule has 1 nitrogen and oxygen atoms in total. The molecule has 0 aliphatic heterocycles. The zero-order valence-corrected chi connectivity index (χ0v) is 13.7. The third-order valence-electron chi connectivity index (χ3n) is 2.68. The zero-order chi connectivity index (χ0) is 13.1. The average molecular weight is 393 g/mol. The summed E-state index contributed by atoms with van der Waals surface area (Å²) in [6, 6.07) is 9.04. The van der Waals surface area contributed by atoms with E-state index < -0.39 is 0 Å². The van der Waals surface area contributed by atoms with E-state index in [1.165, 1.54) is 10.9 Å². The molecule has 0 amide bonds. The van der Waals surface area contributed by atoms with Crippen molar-refractivity contribution in [1.82, 2.24) is 5.32 Å². The minimum absolute atomic E-state index is 0.184. The lowest BCUT2D eigenvalue weighted by Crippen LogP contribution is -2.17. The SMILES string of the molecule is CNC(Cc1cccc(F)c1)c1cc(Br)c(Br)s1. The summed E-state index contributed by atoms with van der Waals surface area (Å²) in [7, 11) is 1.92. The van der Waals surface area contributed by atoms with E-state index in [-0.39, 0.29) is 11.9 Å². The van der Waals surface area contributed by atoms with Crippen molar-refractivity contribution in [2.24, 2.45) is 0 Å². The number of likely N-dealkylation sites (N-methyl/N-ethyl adjacent to an activating group) is 1. The van der Waals surface area contributed by atoms with Crippen molar-refractivity contribution in [3.8, 4) is 0 Å². The van der Waals surface area contributed by atoms with Gasteiger partial charge in [0, 0.05) is 15.4 Å². The fourth-order valence-electron chi connectivity index (χ4n) is 1.78. The summed E-state index contributed by atoms with van der Waals surface area (Å²) in [6.07, 6.45) is 0.771. The first-order valence-corrected chi connectivity index (χ1v) is 7.87. The molecule has 0 saturated carbocycles. The smallest absolute Gasteiger partial charge is 0.123 e. The second kappa shape index (κ2) is 6.28. The van der Waals surface area contributed by atoms with Crippen LogP contribution >= 0.6 is 43.2 Å². The van der Waals surface area contributed by atoms with Gasteiger partial charge in [-0.1, -0.05) is 12.1 Å². The van der Waals surface area contributed by atoms with Crippen molar-refractivity contribution in [1.29, 1.82) is 0 Å². The maximum atomic E-state index is 13.2. The molecule has 0 fully saturated rings. The standard InChI is InChI=1S/C13H12Br2FNS/c1-17-11(12-7-10(14)13(15)18-12)6-8-3-2-4-9(16)5-8/h2-5,7,11,17H,6H2,1H3. The van der Waals surface area contributed by atoms with Crippen LogP contribution in [-0.4, -0.2) is 7.05 Å². The summed E-state index contributed by atoms with van der Waals surface area (Å²) >= 11 is 8.66. The van der Waals surface area contributed by atoms with Crippen molar-refractivity contribution in [3.63, 3.8) is 0 Å². The van der Waals surface area contributed by atoms with Crippen LogP contribution in [0.25, 0.3) is 0 Å². The van der Waals surface area contributed by atoms with Crippen LogP contribution in [0.15, 0.2) is 38.6 Å². The fraction of sp³-hybridized carbons (Fsp3) is 0.231. The normalized spacial score (nSPS) is 12.7. The number of thiophene rings is 1. The number of benzene rings is 1. The Balaban J connectivity index is 2.19. The van der Waals surface area contributed by atoms with Gasteiger partial charge in [0.25, 0.3) is 0 Å². The molecule has 18 heavy (non-hydrogen) atoms. The molecule has 1 unspecified atom stereocenters. The van der Waals surface area contributed by atoms with Crippen molar-refractivity contribution < 1.29 is 4.39 Å². The van der Waals surface area contributed by atoms with Crippen LogP contribution in [0.3, 0.4) is 0 Å². The Morgan fingerprint density at radius 3 is 2.67 bits per heavy atom. The maximum Gasteiger partial charge on any atom is 0.123 e. The number of nitrogens with one attached hydrogen (secondary N) is 1. The molecule has 1 atom stereocenters. The summed E-state index contributed by atoms with van der Waals surface area (Å²) in [5.74, 6) is -0.184. The van der Waals surface area contributed by atoms with Gasteiger partial charge in [-0.05, 0) is 69.1 Å². The minimum atomic E-state index is -0.184. The molecule has 0 aliphatic rings. The summed E-state index contributed by atoms with van der Waals surface area (Å²) in [5, 5.41) is 3.27. The summed E-state index contributed by atoms with van der Waals surface area (Å²) in [4.78, 5) is 1.22. The monoisotopic (exact) mass is 391 g/mol. The van der Waals surface area contributed by atoms with E-state index in [1.807, 2.05) is 13.1 Å². The quantitative estimate of drug-likeness (QED) is 0.778. The van der Waals surface area contributed by atoms with Crippen molar-refractivity contribution in [2.75, 3.05) is 7.05 Å². The average Bonchev–Trinajstić information content (AvgIpc) is 2.66. The van der Waals surface area contributed by atoms with E-state index in [2.05, 4.69) is 43.2 Å². The Hall–Kier alpha value is -0.230. The second-order valence-electron chi connectivity index (χ2n) is 3.95. The highest BCUT2D eigenvalue weighted by Gasteiger charge is 2.15. The van der Waals surface area contributed by atoms with E-state index in [0.717, 1.165) is 20.2 Å². The molecule has 2 aromatic rings. The van der Waals surface area contributed by atoms with Gasteiger partial charge in [-0.3, -0.25) is 0 Å². The molecule has 1 aromatic carbocycles. The van der Waals surface area contributed by atoms with Gasteiger partial charge in [0.1, 0.15) is 5.82 Å². The van der Waals surface area contributed by atoms with E-state index in [4.69, 9.17) is 0 Å². The molecule has 96 valence electrons. The number of rotatable bonds is 4. The number of halogens is 3. The van der Waals surface area contributed by atoms with Crippen LogP contribution in [0.1, 0.15) is 16.5 Å². The van der Waals surface area contributed by atoms with Gasteiger partial charge in [0.05, 0.1) is 3.79 Å². The van der Waals surface area contributed by atoms with E-state index in [1.54, 1.807) is 23.5 Å². The number of hydrogen-bond donors (Lipinski definition) is 1. The van der Waals surface area contributed by atoms with Gasteiger partial charge in [-0.25, -0.2) is 4.39 Å². The van der Waals surface area contributed by atoms with E-state index in [9.17, 15) is 4.39 Å². The fourth-order valence-corrected chi connectivity index (χ4v) is 3.98. The van der Waals surface area contributed by atoms with Crippen molar-refractivity contribution in [3.05, 3.63) is 54.8 Å². The van der Waals surface area contributed by atoms with Gasteiger partial charge in [-0.15, -0.1) is 11.3 Å². The Labute approximate surface area is 127 Å². The predicted octanol–water partition coefficient (Wildman–Crippen LogP) is 4.92. The van der Waals surface area contributed by atoms with E-state index >= 15 is 0 Å². The largest absolute Gasteiger partial charge is 0.312 e. The summed E-state index contributed by atoms with van der Waals surface area (Å²) in [5.41, 5.74) is 0.995. The van der Waals surface area contributed by atoms with Crippen LogP contribution in [0, 0.1) is 5.82 Å². The molecule has 0 radical (unpaired) electrons. The zero-order valence-electron chi connectivity index (χ0n) is 9.71. The Morgan fingerprint density at radius 1 is 1.33 bits per heavy atom. The molecule has 0 bridgehead atoms. The van der Waals surface area contributed by atoms with Gasteiger partial charge < -0.3 is 5.32 Å². The Morgan fingerprint density at radius 2 is 2.11 bits per heavy atom. The van der Waals surface area contributed by atoms with Crippen LogP contribution in [0.5, 0.6) is 0 Å². The Bertz CT molecular complexity index is 522. The third kappa shape index (κ3) is 3.41. The molecular formula is C13H12Br2FNS. The highest BCUT2D eigenvalue weighted by atomic mass is 79.9. The van der Waals surface area contributed by atoms with Gasteiger partial charge in [0.15, 0.2) is 0 Å². The lowest BCUT2D eigenvalue weighted by molar-refractivity contribution is 0.592. The van der Waals surface area contributed by atoms with Crippen molar-refractivity contribution >= 4 is 43.2 Å².